The van der Waals surface area contributed by atoms with Crippen molar-refractivity contribution in [3.63, 3.8) is 0 Å². The molecule has 10 heteroatoms. The second kappa shape index (κ2) is 12.0. The van der Waals surface area contributed by atoms with E-state index in [1.165, 1.54) is 61.5 Å². The van der Waals surface area contributed by atoms with Gasteiger partial charge < -0.3 is 16.0 Å². The SMILES string of the molecule is C=C(c1nc(/C=C/CNC(=O)c2cnn(C)c2)cc2c(N)cccc12)C(F)(F)F.CN1C2CCCC1CCC2. The normalized spacial score (nSPS) is 19.5. The Morgan fingerprint density at radius 3 is 2.38 bits per heavy atom. The van der Waals surface area contributed by atoms with Gasteiger partial charge in [-0.05, 0) is 50.9 Å². The predicted molar refractivity (Wildman–Crippen MR) is 149 cm³/mol. The van der Waals surface area contributed by atoms with Gasteiger partial charge in [0.15, 0.2) is 0 Å². The van der Waals surface area contributed by atoms with Gasteiger partial charge in [-0.1, -0.05) is 37.6 Å². The maximum atomic E-state index is 13.2. The third-order valence-corrected chi connectivity index (χ3v) is 7.49. The Morgan fingerprint density at radius 1 is 1.15 bits per heavy atom. The average molecular weight is 541 g/mol. The van der Waals surface area contributed by atoms with Gasteiger partial charge >= 0.3 is 6.18 Å². The minimum absolute atomic E-state index is 0.160. The van der Waals surface area contributed by atoms with Crippen LogP contribution in [0.4, 0.5) is 18.9 Å². The Bertz CT molecular complexity index is 1340. The molecule has 2 aliphatic rings. The number of alkyl halides is 3. The number of allylic oxidation sites excluding steroid dienone is 1. The van der Waals surface area contributed by atoms with Crippen LogP contribution in [0, 0.1) is 0 Å². The fourth-order valence-electron chi connectivity index (χ4n) is 5.32. The Balaban J connectivity index is 0.000000292. The molecule has 0 radical (unpaired) electrons. The van der Waals surface area contributed by atoms with Crippen molar-refractivity contribution in [1.82, 2.24) is 25.0 Å². The number of nitrogen functional groups attached to an aromatic ring is 1. The number of benzene rings is 1. The minimum Gasteiger partial charge on any atom is -0.398 e. The predicted octanol–water partition coefficient (Wildman–Crippen LogP) is 5.59. The summed E-state index contributed by atoms with van der Waals surface area (Å²) >= 11 is 0. The number of halogens is 3. The molecule has 1 aromatic carbocycles. The molecule has 2 aliphatic heterocycles. The summed E-state index contributed by atoms with van der Waals surface area (Å²) in [7, 11) is 4.01. The van der Waals surface area contributed by atoms with E-state index >= 15 is 0 Å². The molecule has 2 bridgehead atoms. The fourth-order valence-corrected chi connectivity index (χ4v) is 5.32. The molecule has 3 aromatic rings. The van der Waals surface area contributed by atoms with Crippen LogP contribution in [0.25, 0.3) is 22.4 Å². The number of nitrogens with two attached hydrogens (primary N) is 1. The number of nitrogens with one attached hydrogen (secondary N) is 1. The fraction of sp³-hybridized carbons (Fsp3) is 0.414. The van der Waals surface area contributed by atoms with E-state index in [1.54, 1.807) is 37.5 Å². The first-order chi connectivity index (χ1) is 18.5. The van der Waals surface area contributed by atoms with Crippen LogP contribution in [0.2, 0.25) is 0 Å². The summed E-state index contributed by atoms with van der Waals surface area (Å²) in [6.07, 6.45) is 10.3. The zero-order valence-corrected chi connectivity index (χ0v) is 22.3. The van der Waals surface area contributed by atoms with Crippen LogP contribution in [-0.2, 0) is 7.05 Å². The van der Waals surface area contributed by atoms with Crippen LogP contribution in [0.5, 0.6) is 0 Å². The second-order valence-corrected chi connectivity index (χ2v) is 10.2. The molecule has 2 saturated heterocycles. The molecular weight excluding hydrogens is 505 g/mol. The number of aromatic nitrogens is 3. The van der Waals surface area contributed by atoms with Crippen LogP contribution >= 0.6 is 0 Å². The number of nitrogens with zero attached hydrogens (tertiary/aromatic N) is 4. The van der Waals surface area contributed by atoms with Crippen molar-refractivity contribution >= 4 is 34.0 Å². The number of carbonyl (C=O) groups is 1. The number of piperidine rings is 2. The number of hydrogen-bond acceptors (Lipinski definition) is 5. The van der Waals surface area contributed by atoms with E-state index in [0.717, 1.165) is 12.1 Å². The van der Waals surface area contributed by atoms with Crippen molar-refractivity contribution in [1.29, 1.82) is 0 Å². The molecule has 2 aromatic heterocycles. The van der Waals surface area contributed by atoms with Gasteiger partial charge in [0.25, 0.3) is 5.91 Å². The molecule has 4 heterocycles. The van der Waals surface area contributed by atoms with Crippen LogP contribution < -0.4 is 11.1 Å². The number of rotatable bonds is 5. The average Bonchev–Trinajstić information content (AvgIpc) is 3.32. The van der Waals surface area contributed by atoms with E-state index in [9.17, 15) is 18.0 Å². The lowest BCUT2D eigenvalue weighted by atomic mass is 9.85. The molecule has 7 nitrogen and oxygen atoms in total. The molecule has 39 heavy (non-hydrogen) atoms. The monoisotopic (exact) mass is 540 g/mol. The summed E-state index contributed by atoms with van der Waals surface area (Å²) < 4.78 is 41.1. The second-order valence-electron chi connectivity index (χ2n) is 10.2. The van der Waals surface area contributed by atoms with Crippen molar-refractivity contribution in [2.24, 2.45) is 7.05 Å². The zero-order chi connectivity index (χ0) is 28.2. The Kier molecular flexibility index (Phi) is 8.74. The molecule has 1 amide bonds. The Labute approximate surface area is 226 Å². The van der Waals surface area contributed by atoms with Gasteiger partial charge in [0, 0.05) is 48.3 Å². The number of fused-ring (bicyclic) bond motifs is 3. The van der Waals surface area contributed by atoms with Gasteiger partial charge in [0.1, 0.15) is 0 Å². The van der Waals surface area contributed by atoms with E-state index in [2.05, 4.69) is 33.9 Å². The highest BCUT2D eigenvalue weighted by atomic mass is 19.4. The molecule has 208 valence electrons. The number of anilines is 1. The molecule has 5 rings (SSSR count). The van der Waals surface area contributed by atoms with Gasteiger partial charge in [-0.15, -0.1) is 0 Å². The summed E-state index contributed by atoms with van der Waals surface area (Å²) in [6.45, 7) is 3.32. The standard InChI is InChI=1S/C20H18F3N5O.C9H17N/c1-12(20(21,22)23)18-15-6-3-7-17(24)16(15)9-14(27-18)5-4-8-25-19(29)13-10-26-28(2)11-13;1-10-8-4-2-5-9(10)7-3-6-8/h3-7,9-11H,1,8,24H2,2H3,(H,25,29);8-9H,2-7H2,1H3/b5-4+;. The zero-order valence-electron chi connectivity index (χ0n) is 22.3. The van der Waals surface area contributed by atoms with Gasteiger partial charge in [-0.3, -0.25) is 9.48 Å². The van der Waals surface area contributed by atoms with Gasteiger partial charge in [0.05, 0.1) is 28.7 Å². The van der Waals surface area contributed by atoms with E-state index in [0.29, 0.717) is 16.6 Å². The Morgan fingerprint density at radius 2 is 1.82 bits per heavy atom. The third-order valence-electron chi connectivity index (χ3n) is 7.49. The number of carbonyl (C=O) groups excluding carboxylic acids is 1. The smallest absolute Gasteiger partial charge is 0.398 e. The molecule has 0 atom stereocenters. The van der Waals surface area contributed by atoms with Crippen LogP contribution in [-0.4, -0.2) is 57.4 Å². The highest BCUT2D eigenvalue weighted by molar-refractivity contribution is 6.00. The Hall–Kier alpha value is -3.66. The maximum Gasteiger partial charge on any atom is 0.417 e. The lowest BCUT2D eigenvalue weighted by Gasteiger charge is -2.43. The largest absolute Gasteiger partial charge is 0.417 e. The summed E-state index contributed by atoms with van der Waals surface area (Å²) in [5.74, 6) is -0.315. The quantitative estimate of drug-likeness (QED) is 0.412. The first kappa shape index (κ1) is 28.4. The summed E-state index contributed by atoms with van der Waals surface area (Å²) in [5.41, 5.74) is 5.62. The molecular formula is C29H35F3N6O. The summed E-state index contributed by atoms with van der Waals surface area (Å²) in [5, 5.41) is 7.29. The lowest BCUT2D eigenvalue weighted by molar-refractivity contribution is -0.0688. The number of hydrogen-bond donors (Lipinski definition) is 2. The molecule has 0 aliphatic carbocycles. The molecule has 2 fully saturated rings. The van der Waals surface area contributed by atoms with Crippen LogP contribution in [0.3, 0.4) is 0 Å². The first-order valence-electron chi connectivity index (χ1n) is 13.2. The van der Waals surface area contributed by atoms with E-state index in [4.69, 9.17) is 5.73 Å². The summed E-state index contributed by atoms with van der Waals surface area (Å²) in [4.78, 5) is 18.7. The number of aryl methyl sites for hydroxylation is 1. The van der Waals surface area contributed by atoms with E-state index < -0.39 is 11.7 Å². The first-order valence-corrected chi connectivity index (χ1v) is 13.2. The van der Waals surface area contributed by atoms with Crippen LogP contribution in [0.1, 0.15) is 60.3 Å². The van der Waals surface area contributed by atoms with Gasteiger partial charge in [-0.25, -0.2) is 4.98 Å². The lowest BCUT2D eigenvalue weighted by Crippen LogP contribution is -2.46. The topological polar surface area (TPSA) is 89.1 Å². The number of amides is 1. The van der Waals surface area contributed by atoms with Crippen LogP contribution in [0.15, 0.2) is 49.3 Å². The summed E-state index contributed by atoms with van der Waals surface area (Å²) in [6, 6.07) is 8.18. The molecule has 0 unspecified atom stereocenters. The molecule has 3 N–H and O–H groups in total. The number of pyridine rings is 1. The van der Waals surface area contributed by atoms with E-state index in [1.807, 2.05) is 0 Å². The van der Waals surface area contributed by atoms with Crippen molar-refractivity contribution in [3.8, 4) is 0 Å². The molecule has 0 spiro atoms. The van der Waals surface area contributed by atoms with Crippen molar-refractivity contribution in [3.05, 3.63) is 66.3 Å². The van der Waals surface area contributed by atoms with Gasteiger partial charge in [0.2, 0.25) is 0 Å². The molecule has 0 saturated carbocycles. The van der Waals surface area contributed by atoms with Gasteiger partial charge in [-0.2, -0.15) is 18.3 Å². The maximum absolute atomic E-state index is 13.2. The highest BCUT2D eigenvalue weighted by Crippen LogP contribution is 2.36. The van der Waals surface area contributed by atoms with Crippen molar-refractivity contribution in [2.75, 3.05) is 19.3 Å². The third kappa shape index (κ3) is 6.86. The van der Waals surface area contributed by atoms with Crippen molar-refractivity contribution in [2.45, 2.75) is 56.8 Å². The minimum atomic E-state index is -4.62. The van der Waals surface area contributed by atoms with E-state index in [-0.39, 0.29) is 29.2 Å². The highest BCUT2D eigenvalue weighted by Gasteiger charge is 2.35. The van der Waals surface area contributed by atoms with Crippen molar-refractivity contribution < 1.29 is 18.0 Å².